The molecule has 0 saturated carbocycles. The van der Waals surface area contributed by atoms with Gasteiger partial charge in [-0.15, -0.1) is 0 Å². The molecule has 1 atom stereocenters. The zero-order valence-electron chi connectivity index (χ0n) is 11.3. The van der Waals surface area contributed by atoms with E-state index in [2.05, 4.69) is 5.32 Å². The summed E-state index contributed by atoms with van der Waals surface area (Å²) in [6.45, 7) is 3.07. The molecule has 0 spiro atoms. The van der Waals surface area contributed by atoms with Crippen molar-refractivity contribution in [2.45, 2.75) is 25.9 Å². The van der Waals surface area contributed by atoms with Crippen LogP contribution in [0.3, 0.4) is 0 Å². The lowest BCUT2D eigenvalue weighted by Gasteiger charge is -2.33. The molecule has 0 aliphatic carbocycles. The minimum absolute atomic E-state index is 0.182. The van der Waals surface area contributed by atoms with Crippen LogP contribution in [-0.2, 0) is 0 Å². The number of nitrogens with zero attached hydrogens (tertiary/aromatic N) is 1. The fraction of sp³-hybridized carbons (Fsp3) is 0.500. The number of carbonyl (C=O) groups excluding carboxylic acids is 1. The number of nitrogens with one attached hydrogen (secondary N) is 1. The SMILES string of the molecule is CC(O)C1CCN(C(=O)Nc2cccc(Cl)c2Cl)CC1. The van der Waals surface area contributed by atoms with Crippen molar-refractivity contribution in [2.75, 3.05) is 18.4 Å². The first kappa shape index (κ1) is 15.4. The molecule has 1 aromatic carbocycles. The topological polar surface area (TPSA) is 52.6 Å². The van der Waals surface area contributed by atoms with E-state index in [4.69, 9.17) is 23.2 Å². The number of benzene rings is 1. The van der Waals surface area contributed by atoms with E-state index in [1.165, 1.54) is 0 Å². The molecular formula is C14H18Cl2N2O2. The zero-order chi connectivity index (χ0) is 14.7. The summed E-state index contributed by atoms with van der Waals surface area (Å²) in [6, 6.07) is 4.95. The van der Waals surface area contributed by atoms with E-state index >= 15 is 0 Å². The predicted molar refractivity (Wildman–Crippen MR) is 81.5 cm³/mol. The number of urea groups is 1. The number of halogens is 2. The van der Waals surface area contributed by atoms with Crippen molar-refractivity contribution < 1.29 is 9.90 Å². The molecular weight excluding hydrogens is 299 g/mol. The van der Waals surface area contributed by atoms with Crippen molar-refractivity contribution in [2.24, 2.45) is 5.92 Å². The van der Waals surface area contributed by atoms with Crippen molar-refractivity contribution >= 4 is 34.9 Å². The Labute approximate surface area is 128 Å². The van der Waals surface area contributed by atoms with Crippen molar-refractivity contribution in [1.82, 2.24) is 4.90 Å². The molecule has 1 aromatic rings. The number of rotatable bonds is 2. The summed E-state index contributed by atoms with van der Waals surface area (Å²) in [6.07, 6.45) is 1.31. The fourth-order valence-electron chi connectivity index (χ4n) is 2.38. The normalized spacial score (nSPS) is 17.9. The average Bonchev–Trinajstić information content (AvgIpc) is 2.44. The quantitative estimate of drug-likeness (QED) is 0.875. The van der Waals surface area contributed by atoms with E-state index in [-0.39, 0.29) is 18.1 Å². The van der Waals surface area contributed by atoms with Crippen LogP contribution in [0.25, 0.3) is 0 Å². The Morgan fingerprint density at radius 3 is 2.65 bits per heavy atom. The summed E-state index contributed by atoms with van der Waals surface area (Å²) in [5.74, 6) is 0.272. The molecule has 0 bridgehead atoms. The highest BCUT2D eigenvalue weighted by Crippen LogP contribution is 2.30. The number of carbonyl (C=O) groups is 1. The number of hydrogen-bond acceptors (Lipinski definition) is 2. The first-order valence-corrected chi connectivity index (χ1v) is 7.42. The Morgan fingerprint density at radius 1 is 1.40 bits per heavy atom. The predicted octanol–water partition coefficient (Wildman–Crippen LogP) is 3.62. The van der Waals surface area contributed by atoms with Gasteiger partial charge >= 0.3 is 6.03 Å². The minimum Gasteiger partial charge on any atom is -0.393 e. The number of aliphatic hydroxyl groups is 1. The lowest BCUT2D eigenvalue weighted by Crippen LogP contribution is -2.42. The summed E-state index contributed by atoms with van der Waals surface area (Å²) in [5.41, 5.74) is 0.516. The van der Waals surface area contributed by atoms with Crippen LogP contribution in [-0.4, -0.2) is 35.2 Å². The van der Waals surface area contributed by atoms with Crippen LogP contribution in [0.1, 0.15) is 19.8 Å². The molecule has 1 aliphatic rings. The number of aliphatic hydroxyl groups excluding tert-OH is 1. The number of amides is 2. The Balaban J connectivity index is 1.95. The summed E-state index contributed by atoms with van der Waals surface area (Å²) >= 11 is 12.0. The van der Waals surface area contributed by atoms with Crippen molar-refractivity contribution in [1.29, 1.82) is 0 Å². The summed E-state index contributed by atoms with van der Waals surface area (Å²) in [4.78, 5) is 13.9. The van der Waals surface area contributed by atoms with Crippen LogP contribution in [0.15, 0.2) is 18.2 Å². The van der Waals surface area contributed by atoms with Crippen LogP contribution >= 0.6 is 23.2 Å². The van der Waals surface area contributed by atoms with Gasteiger partial charge in [-0.25, -0.2) is 4.79 Å². The highest BCUT2D eigenvalue weighted by atomic mass is 35.5. The molecule has 1 unspecified atom stereocenters. The molecule has 1 heterocycles. The number of hydrogen-bond donors (Lipinski definition) is 2. The smallest absolute Gasteiger partial charge is 0.321 e. The average molecular weight is 317 g/mol. The Bertz CT molecular complexity index is 486. The second-order valence-corrected chi connectivity index (χ2v) is 5.88. The fourth-order valence-corrected chi connectivity index (χ4v) is 2.73. The summed E-state index contributed by atoms with van der Waals surface area (Å²) in [5, 5.41) is 13.1. The first-order valence-electron chi connectivity index (χ1n) is 6.67. The molecule has 2 rings (SSSR count). The van der Waals surface area contributed by atoms with E-state index in [1.807, 2.05) is 0 Å². The van der Waals surface area contributed by atoms with Gasteiger partial charge in [0.05, 0.1) is 21.8 Å². The number of anilines is 1. The third-order valence-electron chi connectivity index (χ3n) is 3.70. The van der Waals surface area contributed by atoms with E-state index in [0.717, 1.165) is 12.8 Å². The molecule has 1 aliphatic heterocycles. The van der Waals surface area contributed by atoms with Crippen molar-refractivity contribution in [3.8, 4) is 0 Å². The molecule has 20 heavy (non-hydrogen) atoms. The number of likely N-dealkylation sites (tertiary alicyclic amines) is 1. The highest BCUT2D eigenvalue weighted by Gasteiger charge is 2.25. The molecule has 1 fully saturated rings. The lowest BCUT2D eigenvalue weighted by molar-refractivity contribution is 0.0820. The Morgan fingerprint density at radius 2 is 2.05 bits per heavy atom. The Kier molecular flexibility index (Phi) is 5.13. The lowest BCUT2D eigenvalue weighted by atomic mass is 9.92. The summed E-state index contributed by atoms with van der Waals surface area (Å²) in [7, 11) is 0. The van der Waals surface area contributed by atoms with Gasteiger partial charge in [0.15, 0.2) is 0 Å². The van der Waals surface area contributed by atoms with Crippen LogP contribution in [0.2, 0.25) is 10.0 Å². The van der Waals surface area contributed by atoms with E-state index in [1.54, 1.807) is 30.0 Å². The second kappa shape index (κ2) is 6.66. The van der Waals surface area contributed by atoms with Gasteiger partial charge in [-0.3, -0.25) is 0 Å². The van der Waals surface area contributed by atoms with Crippen LogP contribution < -0.4 is 5.32 Å². The van der Waals surface area contributed by atoms with Gasteiger partial charge < -0.3 is 15.3 Å². The highest BCUT2D eigenvalue weighted by molar-refractivity contribution is 6.43. The molecule has 6 heteroatoms. The molecule has 0 radical (unpaired) electrons. The van der Waals surface area contributed by atoms with Gasteiger partial charge in [0.25, 0.3) is 0 Å². The minimum atomic E-state index is -0.317. The van der Waals surface area contributed by atoms with Gasteiger partial charge in [0, 0.05) is 13.1 Å². The van der Waals surface area contributed by atoms with Crippen LogP contribution in [0.5, 0.6) is 0 Å². The van der Waals surface area contributed by atoms with Gasteiger partial charge in [-0.2, -0.15) is 0 Å². The van der Waals surface area contributed by atoms with E-state index in [9.17, 15) is 9.90 Å². The first-order chi connectivity index (χ1) is 9.49. The van der Waals surface area contributed by atoms with E-state index < -0.39 is 0 Å². The van der Waals surface area contributed by atoms with Gasteiger partial charge in [-0.1, -0.05) is 29.3 Å². The maximum Gasteiger partial charge on any atom is 0.321 e. The monoisotopic (exact) mass is 316 g/mol. The van der Waals surface area contributed by atoms with E-state index in [0.29, 0.717) is 28.8 Å². The second-order valence-electron chi connectivity index (χ2n) is 5.10. The third kappa shape index (κ3) is 3.57. The molecule has 2 N–H and O–H groups in total. The van der Waals surface area contributed by atoms with Gasteiger partial charge in [0.1, 0.15) is 0 Å². The van der Waals surface area contributed by atoms with Gasteiger partial charge in [-0.05, 0) is 37.8 Å². The maximum atomic E-state index is 12.2. The largest absolute Gasteiger partial charge is 0.393 e. The standard InChI is InChI=1S/C14H18Cl2N2O2/c1-9(19)10-5-7-18(8-6-10)14(20)17-12-4-2-3-11(15)13(12)16/h2-4,9-10,19H,5-8H2,1H3,(H,17,20). The van der Waals surface area contributed by atoms with Gasteiger partial charge in [0.2, 0.25) is 0 Å². The number of piperidine rings is 1. The third-order valence-corrected chi connectivity index (χ3v) is 4.52. The molecule has 1 saturated heterocycles. The molecule has 2 amide bonds. The van der Waals surface area contributed by atoms with Crippen LogP contribution in [0, 0.1) is 5.92 Å². The molecule has 4 nitrogen and oxygen atoms in total. The molecule has 0 aromatic heterocycles. The summed E-state index contributed by atoms with van der Waals surface area (Å²) < 4.78 is 0. The van der Waals surface area contributed by atoms with Crippen LogP contribution in [0.4, 0.5) is 10.5 Å². The zero-order valence-corrected chi connectivity index (χ0v) is 12.8. The van der Waals surface area contributed by atoms with Crippen molar-refractivity contribution in [3.63, 3.8) is 0 Å². The van der Waals surface area contributed by atoms with Crippen molar-refractivity contribution in [3.05, 3.63) is 28.2 Å². The maximum absolute atomic E-state index is 12.2. The Hall–Kier alpha value is -0.970. The molecule has 110 valence electrons.